The number of aldehydes is 1. The highest BCUT2D eigenvalue weighted by molar-refractivity contribution is 6.33. The second kappa shape index (κ2) is 7.56. The summed E-state index contributed by atoms with van der Waals surface area (Å²) in [7, 11) is 0. The van der Waals surface area contributed by atoms with Crippen LogP contribution < -0.4 is 5.32 Å². The molecule has 2 aromatic rings. The second-order valence-corrected chi connectivity index (χ2v) is 5.25. The number of ether oxygens (including phenoxy) is 1. The normalized spacial score (nSPS) is 10.0. The van der Waals surface area contributed by atoms with Gasteiger partial charge in [0.15, 0.2) is 6.61 Å². The van der Waals surface area contributed by atoms with E-state index in [1.54, 1.807) is 12.1 Å². The largest absolute Gasteiger partial charge is 0.452 e. The number of carbonyl (C=O) groups is 3. The molecule has 5 nitrogen and oxygen atoms in total. The van der Waals surface area contributed by atoms with Gasteiger partial charge in [-0.1, -0.05) is 29.8 Å². The van der Waals surface area contributed by atoms with Gasteiger partial charge < -0.3 is 10.1 Å². The Morgan fingerprint density at radius 1 is 1.17 bits per heavy atom. The van der Waals surface area contributed by atoms with Gasteiger partial charge in [0.25, 0.3) is 5.91 Å². The zero-order chi connectivity index (χ0) is 16.8. The number of benzene rings is 2. The number of rotatable bonds is 5. The van der Waals surface area contributed by atoms with Crippen molar-refractivity contribution in [3.8, 4) is 0 Å². The first-order chi connectivity index (χ1) is 11.0. The molecule has 0 heterocycles. The average molecular weight is 332 g/mol. The van der Waals surface area contributed by atoms with Crippen LogP contribution in [-0.4, -0.2) is 24.8 Å². The highest BCUT2D eigenvalue weighted by Gasteiger charge is 2.11. The fourth-order valence-corrected chi connectivity index (χ4v) is 2.10. The van der Waals surface area contributed by atoms with Crippen LogP contribution >= 0.6 is 11.6 Å². The average Bonchev–Trinajstić information content (AvgIpc) is 2.55. The lowest BCUT2D eigenvalue weighted by atomic mass is 10.1. The quantitative estimate of drug-likeness (QED) is 0.674. The minimum Gasteiger partial charge on any atom is -0.452 e. The van der Waals surface area contributed by atoms with Gasteiger partial charge in [0.2, 0.25) is 0 Å². The molecule has 0 fully saturated rings. The van der Waals surface area contributed by atoms with Gasteiger partial charge in [-0.05, 0) is 36.8 Å². The maximum atomic E-state index is 11.8. The molecule has 2 rings (SSSR count). The van der Waals surface area contributed by atoms with E-state index in [0.717, 1.165) is 5.56 Å². The Bertz CT molecular complexity index is 741. The molecule has 0 bridgehead atoms. The minimum absolute atomic E-state index is 0.261. The summed E-state index contributed by atoms with van der Waals surface area (Å²) in [6.45, 7) is 1.45. The molecule has 23 heavy (non-hydrogen) atoms. The Kier molecular flexibility index (Phi) is 5.49. The van der Waals surface area contributed by atoms with Gasteiger partial charge in [-0.2, -0.15) is 0 Å². The number of carbonyl (C=O) groups excluding carboxylic acids is 3. The Balaban J connectivity index is 1.90. The summed E-state index contributed by atoms with van der Waals surface area (Å²) in [5, 5.41) is 2.98. The molecule has 0 unspecified atom stereocenters. The van der Waals surface area contributed by atoms with Crippen molar-refractivity contribution in [2.45, 2.75) is 6.92 Å². The van der Waals surface area contributed by atoms with E-state index in [1.807, 2.05) is 13.0 Å². The van der Waals surface area contributed by atoms with Crippen molar-refractivity contribution < 1.29 is 19.1 Å². The maximum absolute atomic E-state index is 11.8. The highest BCUT2D eigenvalue weighted by Crippen LogP contribution is 2.22. The number of esters is 1. The van der Waals surface area contributed by atoms with Gasteiger partial charge in [-0.15, -0.1) is 0 Å². The van der Waals surface area contributed by atoms with Crippen LogP contribution in [0.5, 0.6) is 0 Å². The van der Waals surface area contributed by atoms with Crippen LogP contribution in [0, 0.1) is 6.92 Å². The van der Waals surface area contributed by atoms with Gasteiger partial charge in [0.1, 0.15) is 6.29 Å². The molecule has 2 aromatic carbocycles. The number of halogens is 1. The third-order valence-corrected chi connectivity index (χ3v) is 3.33. The molecule has 0 saturated carbocycles. The van der Waals surface area contributed by atoms with Gasteiger partial charge in [0.05, 0.1) is 16.3 Å². The number of amides is 1. The van der Waals surface area contributed by atoms with E-state index >= 15 is 0 Å². The summed E-state index contributed by atoms with van der Waals surface area (Å²) in [5.74, 6) is -1.14. The van der Waals surface area contributed by atoms with Gasteiger partial charge in [-0.3, -0.25) is 9.59 Å². The van der Waals surface area contributed by atoms with Crippen molar-refractivity contribution in [2.24, 2.45) is 0 Å². The second-order valence-electron chi connectivity index (χ2n) is 4.85. The summed E-state index contributed by atoms with van der Waals surface area (Å²) >= 11 is 6.01. The SMILES string of the molecule is Cc1ccc(NC(=O)COC(=O)c2ccc(C=O)cc2)c(Cl)c1. The smallest absolute Gasteiger partial charge is 0.338 e. The third kappa shape index (κ3) is 4.66. The zero-order valence-electron chi connectivity index (χ0n) is 12.3. The molecule has 118 valence electrons. The van der Waals surface area contributed by atoms with Crippen LogP contribution in [0.4, 0.5) is 5.69 Å². The lowest BCUT2D eigenvalue weighted by Crippen LogP contribution is -2.21. The topological polar surface area (TPSA) is 72.5 Å². The predicted molar refractivity (Wildman–Crippen MR) is 86.9 cm³/mol. The molecule has 0 aliphatic rings. The van der Waals surface area contributed by atoms with Crippen LogP contribution in [0.15, 0.2) is 42.5 Å². The molecule has 0 aliphatic heterocycles. The first kappa shape index (κ1) is 16.7. The number of anilines is 1. The molecule has 0 spiro atoms. The molecule has 1 amide bonds. The van der Waals surface area contributed by atoms with Gasteiger partial charge in [0, 0.05) is 5.56 Å². The lowest BCUT2D eigenvalue weighted by molar-refractivity contribution is -0.119. The summed E-state index contributed by atoms with van der Waals surface area (Å²) in [6.07, 6.45) is 0.674. The Labute approximate surface area is 138 Å². The number of nitrogens with one attached hydrogen (secondary N) is 1. The van der Waals surface area contributed by atoms with Crippen molar-refractivity contribution in [1.29, 1.82) is 0 Å². The van der Waals surface area contributed by atoms with Crippen LogP contribution in [0.1, 0.15) is 26.3 Å². The van der Waals surface area contributed by atoms with E-state index in [9.17, 15) is 14.4 Å². The molecule has 6 heteroatoms. The highest BCUT2D eigenvalue weighted by atomic mass is 35.5. The lowest BCUT2D eigenvalue weighted by Gasteiger charge is -2.08. The van der Waals surface area contributed by atoms with Crippen molar-refractivity contribution in [3.63, 3.8) is 0 Å². The van der Waals surface area contributed by atoms with Gasteiger partial charge >= 0.3 is 5.97 Å². The molecule has 0 atom stereocenters. The third-order valence-electron chi connectivity index (χ3n) is 3.02. The van der Waals surface area contributed by atoms with Crippen LogP contribution in [-0.2, 0) is 9.53 Å². The van der Waals surface area contributed by atoms with E-state index in [-0.39, 0.29) is 5.56 Å². The number of hydrogen-bond donors (Lipinski definition) is 1. The first-order valence-corrected chi connectivity index (χ1v) is 7.16. The molecule has 0 aliphatic carbocycles. The Hall–Kier alpha value is -2.66. The predicted octanol–water partition coefficient (Wildman–Crippen LogP) is 3.26. The fraction of sp³-hybridized carbons (Fsp3) is 0.118. The monoisotopic (exact) mass is 331 g/mol. The number of aryl methyl sites for hydroxylation is 1. The Morgan fingerprint density at radius 3 is 2.48 bits per heavy atom. The van der Waals surface area contributed by atoms with Crippen molar-refractivity contribution >= 4 is 35.5 Å². The number of hydrogen-bond acceptors (Lipinski definition) is 4. The summed E-state index contributed by atoms with van der Waals surface area (Å²) in [4.78, 5) is 34.1. The molecule has 0 aromatic heterocycles. The summed E-state index contributed by atoms with van der Waals surface area (Å²) in [5.41, 5.74) is 2.14. The summed E-state index contributed by atoms with van der Waals surface area (Å²) in [6, 6.07) is 11.1. The van der Waals surface area contributed by atoms with E-state index in [0.29, 0.717) is 22.6 Å². The molecule has 0 radical (unpaired) electrons. The Morgan fingerprint density at radius 2 is 1.87 bits per heavy atom. The minimum atomic E-state index is -0.646. The summed E-state index contributed by atoms with van der Waals surface area (Å²) < 4.78 is 4.92. The standard InChI is InChI=1S/C17H14ClNO4/c1-11-2-7-15(14(18)8-11)19-16(21)10-23-17(22)13-5-3-12(9-20)4-6-13/h2-9H,10H2,1H3,(H,19,21). The van der Waals surface area contributed by atoms with E-state index in [1.165, 1.54) is 24.3 Å². The van der Waals surface area contributed by atoms with Crippen molar-refractivity contribution in [2.75, 3.05) is 11.9 Å². The van der Waals surface area contributed by atoms with Gasteiger partial charge in [-0.25, -0.2) is 4.79 Å². The first-order valence-electron chi connectivity index (χ1n) is 6.78. The molecule has 0 saturated heterocycles. The molecule has 1 N–H and O–H groups in total. The molecular formula is C17H14ClNO4. The van der Waals surface area contributed by atoms with E-state index < -0.39 is 18.5 Å². The van der Waals surface area contributed by atoms with Crippen LogP contribution in [0.25, 0.3) is 0 Å². The van der Waals surface area contributed by atoms with Crippen molar-refractivity contribution in [1.82, 2.24) is 0 Å². The van der Waals surface area contributed by atoms with Crippen LogP contribution in [0.3, 0.4) is 0 Å². The van der Waals surface area contributed by atoms with Crippen LogP contribution in [0.2, 0.25) is 5.02 Å². The van der Waals surface area contributed by atoms with Crippen molar-refractivity contribution in [3.05, 3.63) is 64.2 Å². The fourth-order valence-electron chi connectivity index (χ4n) is 1.82. The van der Waals surface area contributed by atoms with E-state index in [4.69, 9.17) is 16.3 Å². The zero-order valence-corrected chi connectivity index (χ0v) is 13.1. The molecular weight excluding hydrogens is 318 g/mol. The maximum Gasteiger partial charge on any atom is 0.338 e. The van der Waals surface area contributed by atoms with E-state index in [2.05, 4.69) is 5.32 Å².